The van der Waals surface area contributed by atoms with Crippen LogP contribution in [0.1, 0.15) is 13.8 Å². The predicted octanol–water partition coefficient (Wildman–Crippen LogP) is 2.49. The van der Waals surface area contributed by atoms with Gasteiger partial charge in [-0.3, -0.25) is 43.5 Å². The fourth-order valence-electron chi connectivity index (χ4n) is 2.49. The van der Waals surface area contributed by atoms with Crippen molar-refractivity contribution < 1.29 is 73.8 Å². The minimum Gasteiger partial charge on any atom is -0.481 e. The van der Waals surface area contributed by atoms with Gasteiger partial charge in [0.05, 0.1) is 14.8 Å². The second kappa shape index (κ2) is 22.5. The third-order valence-electron chi connectivity index (χ3n) is 4.66. The van der Waals surface area contributed by atoms with E-state index in [4.69, 9.17) is 52.9 Å². The molecule has 0 radical (unpaired) electrons. The number of carboxylic acids is 6. The van der Waals surface area contributed by atoms with Crippen LogP contribution < -0.4 is 0 Å². The fraction of sp³-hybridized carbons (Fsp3) is 0.185. The Labute approximate surface area is 308 Å². The van der Waals surface area contributed by atoms with Crippen molar-refractivity contribution in [1.29, 1.82) is 5.26 Å². The Bertz CT molecular complexity index is 1680. The first-order valence-corrected chi connectivity index (χ1v) is 17.3. The van der Waals surface area contributed by atoms with E-state index in [0.29, 0.717) is 15.9 Å². The van der Waals surface area contributed by atoms with Gasteiger partial charge in [0.15, 0.2) is 0 Å². The summed E-state index contributed by atoms with van der Waals surface area (Å²) in [6.45, 7) is 19.1. The zero-order valence-corrected chi connectivity index (χ0v) is 30.4. The molecule has 1 atom stereocenters. The van der Waals surface area contributed by atoms with Gasteiger partial charge in [0.25, 0.3) is 23.0 Å². The van der Waals surface area contributed by atoms with Gasteiger partial charge in [0.2, 0.25) is 0 Å². The number of hydrogen-bond acceptors (Lipinski definition) is 14. The first kappa shape index (κ1) is 47.9. The van der Waals surface area contributed by atoms with Crippen molar-refractivity contribution in [1.82, 2.24) is 14.7 Å². The zero-order valence-electron chi connectivity index (χ0n) is 26.3. The van der Waals surface area contributed by atoms with E-state index in [-0.39, 0.29) is 25.9 Å². The smallest absolute Gasteiger partial charge is 0.345 e. The van der Waals surface area contributed by atoms with E-state index in [2.05, 4.69) is 32.9 Å². The Kier molecular flexibility index (Phi) is 21.1. The topological polar surface area (TPSA) is 309 Å². The van der Waals surface area contributed by atoms with E-state index in [1.165, 1.54) is 21.8 Å². The average Bonchev–Trinajstić information content (AvgIpc) is 3.55. The van der Waals surface area contributed by atoms with Gasteiger partial charge in [-0.2, -0.15) is 5.26 Å². The van der Waals surface area contributed by atoms with Crippen molar-refractivity contribution >= 4 is 118 Å². The molecular weight excluding hydrogens is 781 g/mol. The van der Waals surface area contributed by atoms with Crippen LogP contribution in [0.25, 0.3) is 0 Å². The Balaban J connectivity index is 0. The highest BCUT2D eigenvalue weighted by atomic mass is 33.1. The van der Waals surface area contributed by atoms with Gasteiger partial charge >= 0.3 is 29.8 Å². The molecule has 3 fully saturated rings. The van der Waals surface area contributed by atoms with Crippen LogP contribution in [0.4, 0.5) is 4.79 Å². The van der Waals surface area contributed by atoms with Gasteiger partial charge in [-0.15, -0.1) is 0 Å². The average molecular weight is 809 g/mol. The van der Waals surface area contributed by atoms with Crippen LogP contribution in [-0.4, -0.2) is 126 Å². The number of amides is 3. The van der Waals surface area contributed by atoms with Gasteiger partial charge in [-0.25, -0.2) is 14.4 Å². The maximum Gasteiger partial charge on any atom is 0.345 e. The van der Waals surface area contributed by atoms with Crippen LogP contribution in [-0.2, 0) is 38.4 Å². The summed E-state index contributed by atoms with van der Waals surface area (Å²) in [6.07, 6.45) is 0. The van der Waals surface area contributed by atoms with Crippen molar-refractivity contribution in [2.45, 2.75) is 13.8 Å². The molecule has 0 aromatic carbocycles. The number of thiocarbonyl (C=S) groups is 1. The molecule has 19 nitrogen and oxygen atoms in total. The number of hydrogen-bond donors (Lipinski definition) is 6. The molecule has 3 amide bonds. The van der Waals surface area contributed by atoms with Crippen molar-refractivity contribution in [3.8, 4) is 6.07 Å². The maximum atomic E-state index is 12.3. The molecule has 1 unspecified atom stereocenters. The number of nitriles is 1. The fourth-order valence-corrected chi connectivity index (χ4v) is 9.15. The predicted molar refractivity (Wildman–Crippen MR) is 192 cm³/mol. The summed E-state index contributed by atoms with van der Waals surface area (Å²) in [6, 6.07) is 1.37. The molecule has 3 aliphatic heterocycles. The number of thioether (sulfide) groups is 2. The van der Waals surface area contributed by atoms with Crippen LogP contribution in [0, 0.1) is 11.3 Å². The minimum atomic E-state index is -1.50. The molecule has 0 aromatic heterocycles. The van der Waals surface area contributed by atoms with Gasteiger partial charge in [0, 0.05) is 13.5 Å². The number of carboxylic acid groups (broad SMARTS) is 6. The van der Waals surface area contributed by atoms with Gasteiger partial charge < -0.3 is 30.6 Å². The van der Waals surface area contributed by atoms with E-state index in [1.54, 1.807) is 0 Å². The maximum absolute atomic E-state index is 12.3. The SMILES string of the molecule is C=C(C#N)C(=O)O.C=C(C(=O)O)C(=O)O.C=C1S/C(=S2/SC(=C)N(CC)C2=O)N(CC(=O)O)C1=O.C=C1SC(=S)N(CC(=O)O)C1=O.CC(=O)O. The monoisotopic (exact) mass is 808 g/mol. The molecule has 51 heavy (non-hydrogen) atoms. The molecule has 3 rings (SSSR count). The highest BCUT2D eigenvalue weighted by Crippen LogP contribution is 2.52. The van der Waals surface area contributed by atoms with E-state index >= 15 is 0 Å². The summed E-state index contributed by atoms with van der Waals surface area (Å²) in [5.41, 5.74) is -1.25. The largest absolute Gasteiger partial charge is 0.481 e. The standard InChI is InChI=1S/C11H12N2O4S3.C6H5NO3S2.C4H3NO2.C4H4O4.C2H4O2/c1-4-12-7(3)19-20(10(12)17)11-13(5-8(14)15)9(16)6(2)18-11;1-3-5(10)7(2-4(8)9)6(11)12-3;1-3(2-5)4(6)7;1-2(3(5)6)4(7)8;1-2(3)4/h2-5H2,1H3,(H,14,15);1-2H2,(H,8,9);1H2,(H,6,7);1H2,(H,5,6)(H,7,8);1H3,(H,3,4). The van der Waals surface area contributed by atoms with Gasteiger partial charge in [-0.05, 0) is 27.2 Å². The lowest BCUT2D eigenvalue weighted by Crippen LogP contribution is -2.34. The summed E-state index contributed by atoms with van der Waals surface area (Å²) < 4.78 is 0.696. The van der Waals surface area contributed by atoms with E-state index < -0.39 is 74.8 Å². The summed E-state index contributed by atoms with van der Waals surface area (Å²) in [5, 5.41) is 56.6. The molecule has 3 saturated heterocycles. The third kappa shape index (κ3) is 16.4. The minimum absolute atomic E-state index is 0.150. The Morgan fingerprint density at radius 3 is 1.47 bits per heavy atom. The molecule has 276 valence electrons. The molecule has 0 aliphatic carbocycles. The number of rotatable bonds is 8. The lowest BCUT2D eigenvalue weighted by Gasteiger charge is -2.15. The Morgan fingerprint density at radius 1 is 0.784 bits per heavy atom. The first-order chi connectivity index (χ1) is 23.3. The van der Waals surface area contributed by atoms with E-state index in [9.17, 15) is 38.4 Å². The summed E-state index contributed by atoms with van der Waals surface area (Å²) in [5.74, 6) is -8.17. The van der Waals surface area contributed by atoms with Gasteiger partial charge in [-0.1, -0.05) is 68.6 Å². The van der Waals surface area contributed by atoms with Crippen molar-refractivity contribution in [3.63, 3.8) is 0 Å². The van der Waals surface area contributed by atoms with Crippen molar-refractivity contribution in [3.05, 3.63) is 58.9 Å². The molecule has 0 aromatic rings. The van der Waals surface area contributed by atoms with Crippen molar-refractivity contribution in [2.24, 2.45) is 0 Å². The Hall–Kier alpha value is -5.22. The van der Waals surface area contributed by atoms with Crippen molar-refractivity contribution in [2.75, 3.05) is 19.6 Å². The van der Waals surface area contributed by atoms with Crippen LogP contribution in [0.15, 0.2) is 58.9 Å². The molecule has 0 bridgehead atoms. The summed E-state index contributed by atoms with van der Waals surface area (Å²) >= 11 is 6.86. The van der Waals surface area contributed by atoms with E-state index in [0.717, 1.165) is 40.2 Å². The molecular formula is C27H28N4O15S5. The molecule has 6 N–H and O–H groups in total. The molecule has 3 aliphatic rings. The zero-order chi connectivity index (χ0) is 40.5. The molecule has 0 saturated carbocycles. The van der Waals surface area contributed by atoms with E-state index in [1.807, 2.05) is 6.92 Å². The van der Waals surface area contributed by atoms with Crippen LogP contribution >= 0.6 is 56.1 Å². The Morgan fingerprint density at radius 2 is 1.20 bits per heavy atom. The van der Waals surface area contributed by atoms with Gasteiger partial charge in [0.1, 0.15) is 38.9 Å². The second-order valence-corrected chi connectivity index (χ2v) is 14.9. The number of carbonyl (C=O) groups excluding carboxylic acids is 3. The van der Waals surface area contributed by atoms with Crippen LogP contribution in [0.3, 0.4) is 0 Å². The number of carbonyl (C=O) groups is 9. The molecule has 3 heterocycles. The highest BCUT2D eigenvalue weighted by molar-refractivity contribution is 8.93. The number of nitrogens with zero attached hydrogens (tertiary/aromatic N) is 4. The quantitative estimate of drug-likeness (QED) is 0.0512. The highest BCUT2D eigenvalue weighted by Gasteiger charge is 2.40. The molecule has 24 heteroatoms. The lowest BCUT2D eigenvalue weighted by atomic mass is 10.3. The van der Waals surface area contributed by atoms with Crippen LogP contribution in [0.5, 0.6) is 0 Å². The first-order valence-electron chi connectivity index (χ1n) is 12.7. The third-order valence-corrected chi connectivity index (χ3v) is 11.5. The second-order valence-electron chi connectivity index (χ2n) is 8.41. The summed E-state index contributed by atoms with van der Waals surface area (Å²) in [7, 11) is 0.332. The summed E-state index contributed by atoms with van der Waals surface area (Å²) in [4.78, 5) is 98.6. The molecule has 0 spiro atoms. The normalized spacial score (nSPS) is 16.6. The number of aliphatic carboxylic acids is 6. The van der Waals surface area contributed by atoms with Crippen LogP contribution in [0.2, 0.25) is 0 Å². The lowest BCUT2D eigenvalue weighted by molar-refractivity contribution is -0.141.